The summed E-state index contributed by atoms with van der Waals surface area (Å²) in [5, 5.41) is 0. The monoisotopic (exact) mass is 297 g/mol. The third-order valence-electron chi connectivity index (χ3n) is 3.88. The molecule has 22 heavy (non-hydrogen) atoms. The number of para-hydroxylation sites is 1. The quantitative estimate of drug-likeness (QED) is 0.612. The minimum Gasteiger partial charge on any atom is -0.443 e. The second-order valence-electron chi connectivity index (χ2n) is 5.43. The molecule has 1 heterocycles. The van der Waals surface area contributed by atoms with Gasteiger partial charge in [0.2, 0.25) is 0 Å². The maximum absolute atomic E-state index is 5.86. The lowest BCUT2D eigenvalue weighted by atomic mass is 10.1. The average molecular weight is 297 g/mol. The van der Waals surface area contributed by atoms with Crippen LogP contribution in [0.3, 0.4) is 0 Å². The summed E-state index contributed by atoms with van der Waals surface area (Å²) in [5.74, 6) is 3.04. The zero-order valence-electron chi connectivity index (χ0n) is 14.0. The van der Waals surface area contributed by atoms with E-state index < -0.39 is 0 Å². The molecule has 1 aliphatic heterocycles. The molecule has 4 nitrogen and oxygen atoms in total. The molecule has 0 N–H and O–H groups in total. The number of benzene rings is 1. The molecule has 0 aromatic heterocycles. The lowest BCUT2D eigenvalue weighted by Gasteiger charge is -2.37. The van der Waals surface area contributed by atoms with Gasteiger partial charge >= 0.3 is 0 Å². The van der Waals surface area contributed by atoms with E-state index in [9.17, 15) is 0 Å². The fraction of sp³-hybridized carbons (Fsp3) is 0.278. The van der Waals surface area contributed by atoms with Crippen molar-refractivity contribution in [1.29, 1.82) is 0 Å². The fourth-order valence-corrected chi connectivity index (χ4v) is 2.30. The van der Waals surface area contributed by atoms with Crippen molar-refractivity contribution in [3.8, 4) is 5.75 Å². The maximum Gasteiger partial charge on any atom is 0.193 e. The molecule has 1 aromatic rings. The molecule has 0 atom stereocenters. The molecule has 0 radical (unpaired) electrons. The molecular weight excluding hydrogens is 274 g/mol. The Labute approximate surface area is 132 Å². The smallest absolute Gasteiger partial charge is 0.193 e. The molecule has 0 saturated heterocycles. The zero-order chi connectivity index (χ0) is 16.4. The number of likely N-dealkylation sites (N-methyl/N-ethyl adjacent to an activating group) is 1. The van der Waals surface area contributed by atoms with E-state index in [1.165, 1.54) is 0 Å². The largest absolute Gasteiger partial charge is 0.443 e. The summed E-state index contributed by atoms with van der Waals surface area (Å²) < 4.78 is 5.86. The first kappa shape index (κ1) is 15.9. The van der Waals surface area contributed by atoms with Gasteiger partial charge in [-0.1, -0.05) is 31.4 Å². The van der Waals surface area contributed by atoms with Gasteiger partial charge in [-0.25, -0.2) is 0 Å². The predicted octanol–water partition coefficient (Wildman–Crippen LogP) is 3.89. The highest BCUT2D eigenvalue weighted by molar-refractivity contribution is 5.77. The van der Waals surface area contributed by atoms with E-state index in [1.54, 1.807) is 0 Å². The van der Waals surface area contributed by atoms with Crippen LogP contribution < -0.4 is 4.74 Å². The van der Waals surface area contributed by atoms with Gasteiger partial charge in [0.25, 0.3) is 0 Å². The minimum absolute atomic E-state index is 0.584. The number of allylic oxidation sites excluding steroid dienone is 1. The van der Waals surface area contributed by atoms with Crippen molar-refractivity contribution in [3.63, 3.8) is 0 Å². The molecule has 0 amide bonds. The number of nitrogens with zero attached hydrogens (tertiary/aromatic N) is 3. The van der Waals surface area contributed by atoms with Crippen LogP contribution in [-0.2, 0) is 0 Å². The molecule has 0 fully saturated rings. The number of ether oxygens (including phenoxy) is 1. The van der Waals surface area contributed by atoms with E-state index in [4.69, 9.17) is 4.74 Å². The van der Waals surface area contributed by atoms with Crippen LogP contribution >= 0.6 is 0 Å². The van der Waals surface area contributed by atoms with Crippen molar-refractivity contribution in [2.24, 2.45) is 4.99 Å². The molecule has 0 saturated carbocycles. The number of aryl methyl sites for hydroxylation is 1. The third kappa shape index (κ3) is 2.91. The molecule has 0 bridgehead atoms. The van der Waals surface area contributed by atoms with E-state index >= 15 is 0 Å². The topological polar surface area (TPSA) is 28.1 Å². The van der Waals surface area contributed by atoms with Crippen molar-refractivity contribution < 1.29 is 4.74 Å². The van der Waals surface area contributed by atoms with Gasteiger partial charge in [0.1, 0.15) is 17.4 Å². The van der Waals surface area contributed by atoms with Crippen molar-refractivity contribution in [1.82, 2.24) is 9.80 Å². The Hall–Kier alpha value is -2.49. The van der Waals surface area contributed by atoms with Crippen molar-refractivity contribution >= 4 is 5.90 Å². The van der Waals surface area contributed by atoms with Gasteiger partial charge < -0.3 is 14.5 Å². The first-order valence-corrected chi connectivity index (χ1v) is 7.18. The molecular formula is C18H23N3O. The van der Waals surface area contributed by atoms with E-state index in [2.05, 4.69) is 18.2 Å². The number of hydrogen-bond acceptors (Lipinski definition) is 4. The molecule has 0 spiro atoms. The first-order valence-electron chi connectivity index (χ1n) is 7.18. The van der Waals surface area contributed by atoms with Crippen LogP contribution in [0.25, 0.3) is 0 Å². The molecule has 1 aliphatic rings. The maximum atomic E-state index is 5.86. The van der Waals surface area contributed by atoms with Crippen molar-refractivity contribution in [3.05, 3.63) is 65.9 Å². The summed E-state index contributed by atoms with van der Waals surface area (Å²) in [7, 11) is 3.89. The Bertz CT molecular complexity index is 685. The number of hydrogen-bond donors (Lipinski definition) is 0. The van der Waals surface area contributed by atoms with Crippen LogP contribution in [0.5, 0.6) is 5.75 Å². The Morgan fingerprint density at radius 2 is 1.73 bits per heavy atom. The number of rotatable bonds is 2. The van der Waals surface area contributed by atoms with Crippen LogP contribution in [0.4, 0.5) is 0 Å². The summed E-state index contributed by atoms with van der Waals surface area (Å²) in [4.78, 5) is 8.51. The predicted molar refractivity (Wildman–Crippen MR) is 91.4 cm³/mol. The van der Waals surface area contributed by atoms with Gasteiger partial charge in [-0.3, -0.25) is 0 Å². The average Bonchev–Trinajstić information content (AvgIpc) is 2.50. The summed E-state index contributed by atoms with van der Waals surface area (Å²) >= 11 is 0. The van der Waals surface area contributed by atoms with E-state index in [0.29, 0.717) is 5.90 Å². The highest BCUT2D eigenvalue weighted by atomic mass is 16.5. The van der Waals surface area contributed by atoms with Gasteiger partial charge in [0, 0.05) is 32.3 Å². The first-order chi connectivity index (χ1) is 10.3. The summed E-state index contributed by atoms with van der Waals surface area (Å²) in [6.07, 6.45) is 0. The van der Waals surface area contributed by atoms with Crippen molar-refractivity contribution in [2.75, 3.05) is 14.1 Å². The van der Waals surface area contributed by atoms with E-state index in [1.807, 2.05) is 68.9 Å². The van der Waals surface area contributed by atoms with Crippen LogP contribution in [0.1, 0.15) is 19.4 Å². The summed E-state index contributed by atoms with van der Waals surface area (Å²) in [6.45, 7) is 14.0. The standard InChI is InChI=1S/C18H23N3O/c1-12-10-8-9-11-17(12)22-15(4)19-18-13(2)14(3)20(6)16(5)21(18)7/h8-11H,3,5H2,1-2,4,6-7H3/b19-15+. The Morgan fingerprint density at radius 3 is 2.36 bits per heavy atom. The molecule has 1 aromatic carbocycles. The normalized spacial score (nSPS) is 16.5. The van der Waals surface area contributed by atoms with Crippen LogP contribution in [0.2, 0.25) is 0 Å². The van der Waals surface area contributed by atoms with Gasteiger partial charge in [0.05, 0.1) is 0 Å². The van der Waals surface area contributed by atoms with Crippen LogP contribution in [-0.4, -0.2) is 29.8 Å². The summed E-state index contributed by atoms with van der Waals surface area (Å²) in [5.41, 5.74) is 2.98. The zero-order valence-corrected chi connectivity index (χ0v) is 14.0. The molecule has 4 heteroatoms. The highest BCUT2D eigenvalue weighted by Crippen LogP contribution is 2.30. The Kier molecular flexibility index (Phi) is 4.40. The summed E-state index contributed by atoms with van der Waals surface area (Å²) in [6, 6.07) is 7.88. The van der Waals surface area contributed by atoms with Gasteiger partial charge in [-0.05, 0) is 25.5 Å². The Balaban J connectivity index is 2.33. The molecule has 116 valence electrons. The number of aliphatic imine (C=N–C) groups is 1. The lowest BCUT2D eigenvalue weighted by molar-refractivity contribution is 0.331. The fourth-order valence-electron chi connectivity index (χ4n) is 2.30. The second-order valence-corrected chi connectivity index (χ2v) is 5.43. The minimum atomic E-state index is 0.584. The van der Waals surface area contributed by atoms with Crippen LogP contribution in [0, 0.1) is 6.92 Å². The third-order valence-corrected chi connectivity index (χ3v) is 3.88. The Morgan fingerprint density at radius 1 is 1.09 bits per heavy atom. The molecule has 2 rings (SSSR count). The van der Waals surface area contributed by atoms with E-state index in [-0.39, 0.29) is 0 Å². The van der Waals surface area contributed by atoms with Gasteiger partial charge in [0.15, 0.2) is 5.90 Å². The van der Waals surface area contributed by atoms with Crippen LogP contribution in [0.15, 0.2) is 65.3 Å². The lowest BCUT2D eigenvalue weighted by Crippen LogP contribution is -2.34. The molecule has 0 aliphatic carbocycles. The highest BCUT2D eigenvalue weighted by Gasteiger charge is 2.24. The second kappa shape index (κ2) is 6.10. The van der Waals surface area contributed by atoms with Crippen molar-refractivity contribution in [2.45, 2.75) is 20.8 Å². The van der Waals surface area contributed by atoms with Gasteiger partial charge in [-0.15, -0.1) is 0 Å². The van der Waals surface area contributed by atoms with Gasteiger partial charge in [-0.2, -0.15) is 4.99 Å². The SMILES string of the molecule is C=C1C(C)=C(/N=C(\C)Oc2ccccc2C)N(C)C(=C)N1C. The van der Waals surface area contributed by atoms with E-state index in [0.717, 1.165) is 34.2 Å². The molecule has 0 unspecified atom stereocenters.